The highest BCUT2D eigenvalue weighted by molar-refractivity contribution is 7.46. The average molecular weight is 317 g/mol. The highest BCUT2D eigenvalue weighted by Crippen LogP contribution is 2.30. The zero-order valence-electron chi connectivity index (χ0n) is 8.54. The smallest absolute Gasteiger partial charge is 0.396 e. The number of aliphatic hydroxyl groups excluding tert-OH is 4. The van der Waals surface area contributed by atoms with Gasteiger partial charge < -0.3 is 20.4 Å². The highest BCUT2D eigenvalue weighted by Gasteiger charge is 2.31. The molecule has 0 fully saturated rings. The van der Waals surface area contributed by atoms with Gasteiger partial charge in [0.05, 0.1) is 31.8 Å². The van der Waals surface area contributed by atoms with Crippen LogP contribution in [0.1, 0.15) is 0 Å². The van der Waals surface area contributed by atoms with E-state index in [4.69, 9.17) is 30.2 Å². The lowest BCUT2D eigenvalue weighted by Gasteiger charge is -2.23. The fourth-order valence-electron chi connectivity index (χ4n) is 0.360. The van der Waals surface area contributed by atoms with Crippen molar-refractivity contribution in [1.29, 1.82) is 0 Å². The van der Waals surface area contributed by atoms with Crippen LogP contribution in [0.25, 0.3) is 0 Å². The van der Waals surface area contributed by atoms with Crippen LogP contribution in [0.2, 0.25) is 0 Å². The standard InChI is InChI=1S/C5H12O4.ClH.O5P2/c6-1-5(2-7,3-8)4-9;;1-6(2)5-7(3)4/h6-9H,1-4H2;1H;/p+2. The Bertz CT molecular complexity index is 192. The molecule has 0 amide bonds. The summed E-state index contributed by atoms with van der Waals surface area (Å²) in [5.74, 6) is 0. The van der Waals surface area contributed by atoms with E-state index in [0.29, 0.717) is 0 Å². The Labute approximate surface area is 105 Å². The largest absolute Gasteiger partial charge is 0.745 e. The van der Waals surface area contributed by atoms with Gasteiger partial charge in [-0.25, -0.2) is 0 Å². The molecule has 104 valence electrons. The molecule has 0 heterocycles. The summed E-state index contributed by atoms with van der Waals surface area (Å²) in [7, 11) is -5.85. The number of halogens is 1. The summed E-state index contributed by atoms with van der Waals surface area (Å²) in [5.41, 5.74) is -1.11. The first-order valence-corrected chi connectivity index (χ1v) is 6.07. The molecule has 0 rings (SSSR count). The monoisotopic (exact) mass is 316 g/mol. The van der Waals surface area contributed by atoms with Crippen molar-refractivity contribution in [2.24, 2.45) is 5.41 Å². The quantitative estimate of drug-likeness (QED) is 0.325. The Balaban J connectivity index is -0.000000224. The summed E-state index contributed by atoms with van der Waals surface area (Å²) in [6.45, 7) is -1.62. The maximum absolute atomic E-state index is 9.39. The van der Waals surface area contributed by atoms with E-state index in [1.165, 1.54) is 0 Å². The lowest BCUT2D eigenvalue weighted by atomic mass is 9.93. The van der Waals surface area contributed by atoms with Crippen LogP contribution in [0.15, 0.2) is 0 Å². The molecular formula is C5H15ClO9P2+2. The van der Waals surface area contributed by atoms with Gasteiger partial charge in [0.25, 0.3) is 0 Å². The maximum atomic E-state index is 9.39. The second kappa shape index (κ2) is 12.7. The van der Waals surface area contributed by atoms with E-state index in [2.05, 4.69) is 4.31 Å². The predicted octanol–water partition coefficient (Wildman–Crippen LogP) is -1.33. The lowest BCUT2D eigenvalue weighted by Crippen LogP contribution is -2.37. The lowest BCUT2D eigenvalue weighted by molar-refractivity contribution is -0.0328. The van der Waals surface area contributed by atoms with Gasteiger partial charge in [-0.05, 0) is 0 Å². The average Bonchev–Trinajstić information content (AvgIpc) is 2.21. The topological polar surface area (TPSA) is 165 Å². The number of rotatable bonds is 6. The molecule has 0 spiro atoms. The van der Waals surface area contributed by atoms with Gasteiger partial charge in [-0.15, -0.1) is 22.2 Å². The van der Waals surface area contributed by atoms with Crippen molar-refractivity contribution in [2.45, 2.75) is 0 Å². The Morgan fingerprint density at radius 2 is 1.06 bits per heavy atom. The normalized spacial score (nSPS) is 11.9. The molecule has 0 aromatic heterocycles. The van der Waals surface area contributed by atoms with E-state index in [9.17, 15) is 9.13 Å². The van der Waals surface area contributed by atoms with Crippen LogP contribution in [-0.2, 0) is 13.4 Å². The SMILES string of the molecule is Cl.O=[P+](O)O[P+](=O)O.OCC(CO)(CO)CO. The Morgan fingerprint density at radius 3 is 1.06 bits per heavy atom. The van der Waals surface area contributed by atoms with E-state index in [1.807, 2.05) is 0 Å². The minimum atomic E-state index is -2.92. The molecule has 0 aliphatic rings. The Hall–Kier alpha value is 0.210. The molecule has 0 saturated carbocycles. The van der Waals surface area contributed by atoms with Crippen LogP contribution < -0.4 is 0 Å². The molecule has 0 aliphatic carbocycles. The molecule has 0 aromatic rings. The first kappa shape index (κ1) is 22.4. The molecule has 2 atom stereocenters. The third-order valence-electron chi connectivity index (χ3n) is 1.48. The first-order chi connectivity index (χ1) is 7.37. The van der Waals surface area contributed by atoms with Gasteiger partial charge in [0.1, 0.15) is 0 Å². The number of aliphatic hydroxyl groups is 4. The van der Waals surface area contributed by atoms with Crippen molar-refractivity contribution in [2.75, 3.05) is 26.4 Å². The molecule has 0 bridgehead atoms. The maximum Gasteiger partial charge on any atom is 0.745 e. The van der Waals surface area contributed by atoms with Crippen molar-refractivity contribution in [3.8, 4) is 0 Å². The number of hydrogen-bond acceptors (Lipinski definition) is 7. The molecule has 0 aromatic carbocycles. The summed E-state index contributed by atoms with van der Waals surface area (Å²) in [5, 5.41) is 34.0. The Morgan fingerprint density at radius 1 is 0.824 bits per heavy atom. The summed E-state index contributed by atoms with van der Waals surface area (Å²) in [4.78, 5) is 15.3. The van der Waals surface area contributed by atoms with E-state index in [-0.39, 0.29) is 12.4 Å². The minimum Gasteiger partial charge on any atom is -0.396 e. The van der Waals surface area contributed by atoms with Gasteiger partial charge in [0.15, 0.2) is 4.31 Å². The molecule has 0 aliphatic heterocycles. The molecule has 9 nitrogen and oxygen atoms in total. The molecule has 6 N–H and O–H groups in total. The zero-order chi connectivity index (χ0) is 13.2. The van der Waals surface area contributed by atoms with Crippen LogP contribution in [0.3, 0.4) is 0 Å². The number of hydrogen-bond donors (Lipinski definition) is 6. The first-order valence-electron chi connectivity index (χ1n) is 3.81. The van der Waals surface area contributed by atoms with Gasteiger partial charge in [-0.1, -0.05) is 0 Å². The third kappa shape index (κ3) is 12.5. The van der Waals surface area contributed by atoms with Gasteiger partial charge >= 0.3 is 16.5 Å². The van der Waals surface area contributed by atoms with Crippen molar-refractivity contribution in [3.05, 3.63) is 0 Å². The van der Waals surface area contributed by atoms with Crippen LogP contribution in [0.5, 0.6) is 0 Å². The summed E-state index contributed by atoms with van der Waals surface area (Å²) in [6, 6.07) is 0. The Kier molecular flexibility index (Phi) is 16.7. The van der Waals surface area contributed by atoms with Crippen molar-refractivity contribution >= 4 is 28.9 Å². The second-order valence-corrected chi connectivity index (χ2v) is 4.29. The molecule has 0 saturated heterocycles. The van der Waals surface area contributed by atoms with E-state index in [0.717, 1.165) is 0 Å². The molecular weight excluding hydrogens is 301 g/mol. The fourth-order valence-corrected chi connectivity index (χ4v) is 0.838. The van der Waals surface area contributed by atoms with Crippen molar-refractivity contribution in [3.63, 3.8) is 0 Å². The van der Waals surface area contributed by atoms with Crippen LogP contribution in [0.4, 0.5) is 0 Å². The summed E-state index contributed by atoms with van der Waals surface area (Å²) in [6.07, 6.45) is 0. The molecule has 12 heteroatoms. The van der Waals surface area contributed by atoms with Crippen LogP contribution in [-0.4, -0.2) is 56.6 Å². The highest BCUT2D eigenvalue weighted by atomic mass is 35.5. The minimum absolute atomic E-state index is 0. The van der Waals surface area contributed by atoms with E-state index < -0.39 is 48.4 Å². The van der Waals surface area contributed by atoms with Crippen LogP contribution >= 0.6 is 28.9 Å². The van der Waals surface area contributed by atoms with E-state index in [1.54, 1.807) is 0 Å². The third-order valence-corrected chi connectivity index (χ3v) is 2.60. The fraction of sp³-hybridized carbons (Fsp3) is 1.00. The van der Waals surface area contributed by atoms with Crippen molar-refractivity contribution < 1.29 is 43.7 Å². The van der Waals surface area contributed by atoms with Gasteiger partial charge in [0, 0.05) is 9.13 Å². The summed E-state index contributed by atoms with van der Waals surface area (Å²) < 4.78 is 22.2. The van der Waals surface area contributed by atoms with Gasteiger partial charge in [0.2, 0.25) is 0 Å². The van der Waals surface area contributed by atoms with Gasteiger partial charge in [-0.2, -0.15) is 0 Å². The van der Waals surface area contributed by atoms with Gasteiger partial charge in [-0.3, -0.25) is 0 Å². The molecule has 0 radical (unpaired) electrons. The summed E-state index contributed by atoms with van der Waals surface area (Å²) >= 11 is 0. The van der Waals surface area contributed by atoms with E-state index >= 15 is 0 Å². The molecule has 17 heavy (non-hydrogen) atoms. The second-order valence-electron chi connectivity index (χ2n) is 2.69. The predicted molar refractivity (Wildman–Crippen MR) is 58.8 cm³/mol. The van der Waals surface area contributed by atoms with Crippen molar-refractivity contribution in [1.82, 2.24) is 0 Å². The molecule has 2 unspecified atom stereocenters. The zero-order valence-corrected chi connectivity index (χ0v) is 11.1. The van der Waals surface area contributed by atoms with Crippen LogP contribution in [0, 0.1) is 5.41 Å².